The van der Waals surface area contributed by atoms with Crippen molar-refractivity contribution >= 4 is 21.6 Å². The summed E-state index contributed by atoms with van der Waals surface area (Å²) >= 11 is 3.78. The van der Waals surface area contributed by atoms with Gasteiger partial charge in [0.05, 0.1) is 5.69 Å². The van der Waals surface area contributed by atoms with Gasteiger partial charge in [0.2, 0.25) is 0 Å². The summed E-state index contributed by atoms with van der Waals surface area (Å²) in [6, 6.07) is 7.56. The highest BCUT2D eigenvalue weighted by Crippen LogP contribution is 2.33. The Balaban J connectivity index is 2.07. The number of hydrogen-bond donors (Lipinski definition) is 1. The van der Waals surface area contributed by atoms with Crippen molar-refractivity contribution in [1.29, 1.82) is 0 Å². The van der Waals surface area contributed by atoms with Crippen LogP contribution in [0.15, 0.2) is 22.7 Å². The molecule has 0 bridgehead atoms. The zero-order valence-electron chi connectivity index (χ0n) is 12.8. The summed E-state index contributed by atoms with van der Waals surface area (Å²) in [5.41, 5.74) is 2.72. The molecule has 0 spiro atoms. The minimum Gasteiger partial charge on any atom is -0.368 e. The number of nitrogens with zero attached hydrogens (tertiary/aromatic N) is 1. The number of nitrogens with one attached hydrogen (secondary N) is 1. The summed E-state index contributed by atoms with van der Waals surface area (Å²) in [5, 5.41) is 3.46. The lowest BCUT2D eigenvalue weighted by Crippen LogP contribution is -2.33. The number of hydrogen-bond acceptors (Lipinski definition) is 2. The van der Waals surface area contributed by atoms with Crippen LogP contribution in [-0.4, -0.2) is 19.1 Å². The summed E-state index contributed by atoms with van der Waals surface area (Å²) in [6.45, 7) is 7.61. The molecule has 1 saturated carbocycles. The molecular weight excluding hydrogens is 312 g/mol. The molecule has 20 heavy (non-hydrogen) atoms. The average Bonchev–Trinajstić information content (AvgIpc) is 2.96. The van der Waals surface area contributed by atoms with E-state index in [4.69, 9.17) is 0 Å². The van der Waals surface area contributed by atoms with Gasteiger partial charge in [-0.1, -0.05) is 25.8 Å². The van der Waals surface area contributed by atoms with Crippen LogP contribution in [0.25, 0.3) is 0 Å². The Morgan fingerprint density at radius 3 is 2.60 bits per heavy atom. The monoisotopic (exact) mass is 338 g/mol. The minimum absolute atomic E-state index is 0.736. The van der Waals surface area contributed by atoms with Crippen molar-refractivity contribution in [2.45, 2.75) is 58.5 Å². The quantitative estimate of drug-likeness (QED) is 0.723. The average molecular weight is 339 g/mol. The van der Waals surface area contributed by atoms with Gasteiger partial charge in [0, 0.05) is 23.6 Å². The van der Waals surface area contributed by atoms with E-state index < -0.39 is 0 Å². The molecule has 3 heteroatoms. The standard InChI is InChI=1S/C17H27BrN2/c1-3-11-19-13-14-9-10-17(16(18)12-14)20(4-2)15-7-5-6-8-15/h9-10,12,15,19H,3-8,11,13H2,1-2H3. The molecule has 0 radical (unpaired) electrons. The van der Waals surface area contributed by atoms with Crippen molar-refractivity contribution in [1.82, 2.24) is 5.32 Å². The van der Waals surface area contributed by atoms with Crippen LogP contribution in [0, 0.1) is 0 Å². The van der Waals surface area contributed by atoms with Crippen LogP contribution in [-0.2, 0) is 6.54 Å². The third kappa shape index (κ3) is 3.98. The van der Waals surface area contributed by atoms with Gasteiger partial charge in [-0.25, -0.2) is 0 Å². The third-order valence-electron chi connectivity index (χ3n) is 4.18. The van der Waals surface area contributed by atoms with Crippen LogP contribution in [0.1, 0.15) is 51.5 Å². The maximum atomic E-state index is 3.78. The fourth-order valence-corrected chi connectivity index (χ4v) is 3.80. The number of rotatable bonds is 7. The highest BCUT2D eigenvalue weighted by molar-refractivity contribution is 9.10. The van der Waals surface area contributed by atoms with E-state index in [0.717, 1.165) is 25.7 Å². The Morgan fingerprint density at radius 1 is 1.25 bits per heavy atom. The van der Waals surface area contributed by atoms with Crippen LogP contribution in [0.3, 0.4) is 0 Å². The molecule has 0 saturated heterocycles. The van der Waals surface area contributed by atoms with Crippen molar-refractivity contribution in [2.24, 2.45) is 0 Å². The summed E-state index contributed by atoms with van der Waals surface area (Å²) in [5.74, 6) is 0. The number of benzene rings is 1. The fraction of sp³-hybridized carbons (Fsp3) is 0.647. The van der Waals surface area contributed by atoms with Gasteiger partial charge in [0.25, 0.3) is 0 Å². The van der Waals surface area contributed by atoms with E-state index in [9.17, 15) is 0 Å². The Labute approximate surface area is 132 Å². The molecule has 2 nitrogen and oxygen atoms in total. The van der Waals surface area contributed by atoms with Gasteiger partial charge in [0.15, 0.2) is 0 Å². The molecule has 1 aliphatic rings. The van der Waals surface area contributed by atoms with Crippen LogP contribution >= 0.6 is 15.9 Å². The first-order valence-corrected chi connectivity index (χ1v) is 8.81. The maximum absolute atomic E-state index is 3.78. The normalized spacial score (nSPS) is 15.8. The molecule has 0 aliphatic heterocycles. The third-order valence-corrected chi connectivity index (χ3v) is 4.82. The largest absolute Gasteiger partial charge is 0.368 e. The Kier molecular flexibility index (Phi) is 6.37. The summed E-state index contributed by atoms with van der Waals surface area (Å²) in [7, 11) is 0. The van der Waals surface area contributed by atoms with Crippen LogP contribution in [0.5, 0.6) is 0 Å². The van der Waals surface area contributed by atoms with Crippen LogP contribution in [0.4, 0.5) is 5.69 Å². The second-order valence-electron chi connectivity index (χ2n) is 5.69. The number of anilines is 1. The van der Waals surface area contributed by atoms with Crippen molar-refractivity contribution in [2.75, 3.05) is 18.0 Å². The zero-order valence-corrected chi connectivity index (χ0v) is 14.4. The molecule has 1 aromatic rings. The van der Waals surface area contributed by atoms with Gasteiger partial charge < -0.3 is 10.2 Å². The lowest BCUT2D eigenvalue weighted by atomic mass is 10.1. The highest BCUT2D eigenvalue weighted by Gasteiger charge is 2.22. The van der Waals surface area contributed by atoms with Crippen molar-refractivity contribution < 1.29 is 0 Å². The second-order valence-corrected chi connectivity index (χ2v) is 6.54. The van der Waals surface area contributed by atoms with E-state index in [2.05, 4.69) is 58.2 Å². The summed E-state index contributed by atoms with van der Waals surface area (Å²) < 4.78 is 1.24. The molecule has 0 heterocycles. The molecule has 0 amide bonds. The predicted molar refractivity (Wildman–Crippen MR) is 91.4 cm³/mol. The lowest BCUT2D eigenvalue weighted by Gasteiger charge is -2.31. The first-order chi connectivity index (χ1) is 9.76. The van der Waals surface area contributed by atoms with E-state index in [0.29, 0.717) is 0 Å². The van der Waals surface area contributed by atoms with Gasteiger partial charge in [-0.3, -0.25) is 0 Å². The van der Waals surface area contributed by atoms with Gasteiger partial charge in [-0.2, -0.15) is 0 Å². The second kappa shape index (κ2) is 8.04. The molecule has 1 fully saturated rings. The van der Waals surface area contributed by atoms with Crippen LogP contribution < -0.4 is 10.2 Å². The van der Waals surface area contributed by atoms with Gasteiger partial charge >= 0.3 is 0 Å². The molecule has 2 rings (SSSR count). The Hall–Kier alpha value is -0.540. The van der Waals surface area contributed by atoms with Crippen molar-refractivity contribution in [3.05, 3.63) is 28.2 Å². The maximum Gasteiger partial charge on any atom is 0.0513 e. The summed E-state index contributed by atoms with van der Waals surface area (Å²) in [6.07, 6.45) is 6.65. The van der Waals surface area contributed by atoms with Crippen LogP contribution in [0.2, 0.25) is 0 Å². The number of halogens is 1. The topological polar surface area (TPSA) is 15.3 Å². The molecule has 1 aromatic carbocycles. The van der Waals surface area contributed by atoms with E-state index in [1.807, 2.05) is 0 Å². The molecule has 0 aromatic heterocycles. The van der Waals surface area contributed by atoms with E-state index in [1.54, 1.807) is 0 Å². The predicted octanol–water partition coefficient (Wildman–Crippen LogP) is 4.72. The molecule has 0 unspecified atom stereocenters. The lowest BCUT2D eigenvalue weighted by molar-refractivity contribution is 0.618. The molecule has 112 valence electrons. The first-order valence-electron chi connectivity index (χ1n) is 8.02. The van der Waals surface area contributed by atoms with Gasteiger partial charge in [-0.05, 0) is 66.4 Å². The van der Waals surface area contributed by atoms with E-state index >= 15 is 0 Å². The SMILES string of the molecule is CCCNCc1ccc(N(CC)C2CCCC2)c(Br)c1. The zero-order chi connectivity index (χ0) is 14.4. The van der Waals surface area contributed by atoms with E-state index in [1.165, 1.54) is 47.8 Å². The summed E-state index contributed by atoms with van der Waals surface area (Å²) in [4.78, 5) is 2.57. The minimum atomic E-state index is 0.736. The first kappa shape index (κ1) is 15.8. The molecule has 1 N–H and O–H groups in total. The Morgan fingerprint density at radius 2 is 2.00 bits per heavy atom. The van der Waals surface area contributed by atoms with Gasteiger partial charge in [0.1, 0.15) is 0 Å². The van der Waals surface area contributed by atoms with Crippen molar-refractivity contribution in [3.8, 4) is 0 Å². The van der Waals surface area contributed by atoms with Gasteiger partial charge in [-0.15, -0.1) is 0 Å². The smallest absolute Gasteiger partial charge is 0.0513 e. The molecule has 0 atom stereocenters. The molecular formula is C17H27BrN2. The fourth-order valence-electron chi connectivity index (χ4n) is 3.14. The highest BCUT2D eigenvalue weighted by atomic mass is 79.9. The molecule has 1 aliphatic carbocycles. The Bertz CT molecular complexity index is 413. The van der Waals surface area contributed by atoms with E-state index in [-0.39, 0.29) is 0 Å². The van der Waals surface area contributed by atoms with Crippen molar-refractivity contribution in [3.63, 3.8) is 0 Å².